The Morgan fingerprint density at radius 3 is 1.03 bits per heavy atom. The maximum Gasteiger partial charge on any atom is 0.376 e. The number of aliphatic hydroxyl groups excluding tert-OH is 6. The van der Waals surface area contributed by atoms with Gasteiger partial charge in [0, 0.05) is 46.8 Å². The molecule has 9 N–H and O–H groups in total. The molecule has 0 aliphatic carbocycles. The number of halogens is 14. The fourth-order valence-corrected chi connectivity index (χ4v) is 2.06. The van der Waals surface area contributed by atoms with E-state index in [0.717, 1.165) is 6.92 Å². The minimum atomic E-state index is -3.88. The maximum absolute atomic E-state index is 11.6. The van der Waals surface area contributed by atoms with Crippen LogP contribution in [0.15, 0.2) is 0 Å². The summed E-state index contributed by atoms with van der Waals surface area (Å²) in [6, 6.07) is 0. The van der Waals surface area contributed by atoms with Crippen LogP contribution in [0, 0.1) is 19.3 Å². The molecule has 0 fully saturated rings. The summed E-state index contributed by atoms with van der Waals surface area (Å²) in [6.45, 7) is -4.82. The molecule has 0 saturated carbocycles. The van der Waals surface area contributed by atoms with Crippen LogP contribution >= 0.6 is 0 Å². The quantitative estimate of drug-likeness (QED) is 0.0325. The summed E-state index contributed by atoms with van der Waals surface area (Å²) in [5, 5.41) is 72.1. The summed E-state index contributed by atoms with van der Waals surface area (Å²) in [6.07, 6.45) is -17.4. The molecule has 33 heteroatoms. The average molecular weight is 1740 g/mol. The predicted molar refractivity (Wildman–Crippen MR) is 177 cm³/mol. The zero-order valence-electron chi connectivity index (χ0n) is 34.9. The number of rotatable bonds is 27. The van der Waals surface area contributed by atoms with Crippen molar-refractivity contribution >= 4 is 0 Å². The Kier molecular flexibility index (Phi) is 72.2. The summed E-state index contributed by atoms with van der Waals surface area (Å²) < 4.78 is 187. The van der Waals surface area contributed by atoms with Gasteiger partial charge in [-0.05, 0) is 19.8 Å². The van der Waals surface area contributed by atoms with Crippen molar-refractivity contribution in [1.29, 1.82) is 0 Å². The zero-order chi connectivity index (χ0) is 48.8. The molecular formula is C30H57F14O16Rf3-3. The summed E-state index contributed by atoms with van der Waals surface area (Å²) >= 11 is 0. The van der Waals surface area contributed by atoms with E-state index in [1.54, 1.807) is 0 Å². The van der Waals surface area contributed by atoms with Crippen molar-refractivity contribution < 1.29 is 141 Å². The van der Waals surface area contributed by atoms with Gasteiger partial charge >= 0.3 is 12.2 Å². The smallest absolute Gasteiger partial charge is 0.376 e. The molecule has 0 rings (SSSR count). The van der Waals surface area contributed by atoms with Crippen molar-refractivity contribution in [3.8, 4) is 0 Å². The molecule has 4 atom stereocenters. The van der Waals surface area contributed by atoms with E-state index in [1.807, 2.05) is 0 Å². The molecule has 0 aromatic heterocycles. The summed E-state index contributed by atoms with van der Waals surface area (Å²) in [5.74, 6) is -2.67. The van der Waals surface area contributed by atoms with E-state index in [9.17, 15) is 57.1 Å². The Hall–Kier alpha value is -4.62. The third kappa shape index (κ3) is 113. The van der Waals surface area contributed by atoms with Gasteiger partial charge in [0.2, 0.25) is 0 Å². The molecule has 0 bridgehead atoms. The second-order valence-corrected chi connectivity index (χ2v) is 10.5. The van der Waals surface area contributed by atoms with Gasteiger partial charge in [-0.25, -0.2) is 18.5 Å². The Bertz CT molecular complexity index is 811. The van der Waals surface area contributed by atoms with E-state index in [4.69, 9.17) is 50.7 Å². The van der Waals surface area contributed by atoms with Crippen molar-refractivity contribution in [3.05, 3.63) is 19.3 Å². The normalized spacial score (nSPS) is 12.7. The molecule has 0 aromatic carbocycles. The molecule has 0 spiro atoms. The summed E-state index contributed by atoms with van der Waals surface area (Å²) in [4.78, 5) is 0. The minimum Gasteiger partial charge on any atom is -0.419 e. The van der Waals surface area contributed by atoms with Crippen molar-refractivity contribution in [3.63, 3.8) is 0 Å². The number of methoxy groups -OCH3 is 2. The summed E-state index contributed by atoms with van der Waals surface area (Å²) in [5.41, 5.74) is 0. The fraction of sp³-hybridized carbons (Fsp3) is 0.900. The average Bonchev–Trinajstić information content (AvgIpc) is 3.12. The Labute approximate surface area is 337 Å². The number of alkyl halides is 7. The molecule has 0 heterocycles. The van der Waals surface area contributed by atoms with E-state index in [2.05, 4.69) is 33.2 Å². The van der Waals surface area contributed by atoms with E-state index in [-0.39, 0.29) is 39.6 Å². The van der Waals surface area contributed by atoms with Gasteiger partial charge in [0.25, 0.3) is 5.92 Å². The van der Waals surface area contributed by atoms with Crippen LogP contribution in [-0.2, 0) is 33.2 Å². The molecule has 16 nitrogen and oxygen atoms in total. The van der Waals surface area contributed by atoms with E-state index in [0.29, 0.717) is 0 Å². The monoisotopic (exact) mass is 1740 g/mol. The van der Waals surface area contributed by atoms with Gasteiger partial charge in [-0.3, -0.25) is 0 Å². The van der Waals surface area contributed by atoms with Crippen molar-refractivity contribution in [2.24, 2.45) is 0 Å². The van der Waals surface area contributed by atoms with Crippen LogP contribution in [-0.4, -0.2) is 202 Å². The Balaban J connectivity index is -0.0000000666. The maximum atomic E-state index is 11.6. The van der Waals surface area contributed by atoms with Crippen LogP contribution in [0.1, 0.15) is 20.3 Å². The molecule has 63 heavy (non-hydrogen) atoms. The fourth-order valence-electron chi connectivity index (χ4n) is 2.06. The second-order valence-electron chi connectivity index (χ2n) is 10.5. The zero-order valence-corrected chi connectivity index (χ0v) is 54.1. The first-order valence-electron chi connectivity index (χ1n) is 16.2. The molecule has 0 aromatic rings. The van der Waals surface area contributed by atoms with Crippen molar-refractivity contribution in [2.45, 2.75) is 62.8 Å². The number of hydrogen-bond acceptors (Lipinski definition) is 16. The van der Waals surface area contributed by atoms with Gasteiger partial charge in [-0.15, -0.1) is 0 Å². The SMILES string of the molecule is CCC(O)(F)F.COCC(C)(F)F.COCC(O)COC[C-](F)F.OC(COCCF)COC[C-](F)F.OCC(O)COCC(O)(F)F.OCC(O)COC[C-](F)F.OF.[Rf].[Rf].[Rf]. The molecule has 4 unspecified atom stereocenters. The first kappa shape index (κ1) is 82.1. The topological polar surface area (TPSA) is 247 Å². The molecule has 0 saturated heterocycles. The van der Waals surface area contributed by atoms with Crippen LogP contribution in [0.2, 0.25) is 0 Å². The molecule has 0 amide bonds. The van der Waals surface area contributed by atoms with Gasteiger partial charge < -0.3 is 100 Å². The van der Waals surface area contributed by atoms with Crippen LogP contribution < -0.4 is 0 Å². The molecule has 0 aliphatic rings. The van der Waals surface area contributed by atoms with E-state index < -0.39 is 128 Å². The summed E-state index contributed by atoms with van der Waals surface area (Å²) in [7, 11) is 2.66. The van der Waals surface area contributed by atoms with Gasteiger partial charge in [0.1, 0.15) is 44.3 Å². The molecule has 0 aliphatic heterocycles. The third-order valence-electron chi connectivity index (χ3n) is 4.29. The number of hydrogen-bond donors (Lipinski definition) is 9. The molecule has 380 valence electrons. The minimum absolute atomic E-state index is 0. The van der Waals surface area contributed by atoms with Crippen LogP contribution in [0.5, 0.6) is 0 Å². The van der Waals surface area contributed by atoms with Gasteiger partial charge in [-0.1, -0.05) is 11.4 Å². The van der Waals surface area contributed by atoms with Crippen molar-refractivity contribution in [1.82, 2.24) is 0 Å². The molecular weight excluding hydrogens is 1680 g/mol. The van der Waals surface area contributed by atoms with Crippen LogP contribution in [0.25, 0.3) is 0 Å². The number of aliphatic hydroxyl groups is 8. The standard InChI is InChI=1S/C7H12F3O3.C6H11F2O3.C5H10F2O4.C5H9F2O3.C4H8F2O.C3H6F2O.FHO.3Rf/c8-1-2-12-3-6(11)4-13-5-7(9)10;1-10-2-5(9)3-11-4-6(7)8;6-5(7,10)3-11-2-4(9)1-8;6-5(7)3-10-2-4(9)1-8;1-4(5,6)3-7-2;1-2-3(4,5)6;1-2;;;/h6,11H,1-5H2;5,9H,2-4H2,1H3;4,8-10H,1-3H2;4,8-9H,1-3H2;3H2,1-2H3;6H,2H2,1H3;2H;;;/q2*-1;;-1;;;;;;. The van der Waals surface area contributed by atoms with Crippen molar-refractivity contribution in [2.75, 3.05) is 113 Å². The van der Waals surface area contributed by atoms with Crippen LogP contribution in [0.3, 0.4) is 0 Å². The van der Waals surface area contributed by atoms with E-state index in [1.165, 1.54) is 21.1 Å². The van der Waals surface area contributed by atoms with Gasteiger partial charge in [0.05, 0.1) is 59.5 Å². The first-order chi connectivity index (χ1) is 27.6. The van der Waals surface area contributed by atoms with E-state index >= 15 is 0 Å². The second kappa shape index (κ2) is 55.4. The largest absolute Gasteiger partial charge is 0.419 e. The molecule has 0 radical (unpaired) electrons. The predicted octanol–water partition coefficient (Wildman–Crippen LogP) is 2.08. The van der Waals surface area contributed by atoms with Gasteiger partial charge in [-0.2, -0.15) is 17.6 Å². The first-order valence-corrected chi connectivity index (χ1v) is 16.2. The van der Waals surface area contributed by atoms with Gasteiger partial charge in [0.15, 0.2) is 0 Å². The number of ether oxygens (including phenoxy) is 7. The Morgan fingerprint density at radius 2 is 0.810 bits per heavy atom. The third-order valence-corrected chi connectivity index (χ3v) is 4.29. The Morgan fingerprint density at radius 1 is 0.508 bits per heavy atom. The van der Waals surface area contributed by atoms with Crippen LogP contribution in [0.4, 0.5) is 61.6 Å².